The Labute approximate surface area is 129 Å². The molecule has 3 aromatic rings. The summed E-state index contributed by atoms with van der Waals surface area (Å²) in [5.41, 5.74) is 5.25. The van der Waals surface area contributed by atoms with Gasteiger partial charge >= 0.3 is 5.97 Å². The van der Waals surface area contributed by atoms with Crippen LogP contribution in [0.1, 0.15) is 21.5 Å². The summed E-state index contributed by atoms with van der Waals surface area (Å²) in [7, 11) is 0. The van der Waals surface area contributed by atoms with E-state index in [4.69, 9.17) is 0 Å². The fourth-order valence-corrected chi connectivity index (χ4v) is 2.69. The molecule has 2 aromatic carbocycles. The molecule has 1 aromatic heterocycles. The minimum atomic E-state index is -0.914. The van der Waals surface area contributed by atoms with Crippen molar-refractivity contribution in [2.75, 3.05) is 0 Å². The second-order valence-corrected chi connectivity index (χ2v) is 5.34. The summed E-state index contributed by atoms with van der Waals surface area (Å²) in [6.45, 7) is 4.11. The van der Waals surface area contributed by atoms with Gasteiger partial charge in [0.15, 0.2) is 0 Å². The average Bonchev–Trinajstić information content (AvgIpc) is 2.96. The Hall–Kier alpha value is -2.81. The summed E-state index contributed by atoms with van der Waals surface area (Å²) in [5, 5.41) is 9.50. The Bertz CT molecular complexity index is 832. The van der Waals surface area contributed by atoms with Crippen LogP contribution in [0.3, 0.4) is 0 Å². The van der Waals surface area contributed by atoms with E-state index in [-0.39, 0.29) is 0 Å². The van der Waals surface area contributed by atoms with E-state index >= 15 is 0 Å². The zero-order valence-electron chi connectivity index (χ0n) is 12.6. The maximum absolute atomic E-state index is 11.6. The first-order chi connectivity index (χ1) is 10.6. The van der Waals surface area contributed by atoms with Gasteiger partial charge in [0.1, 0.15) is 0 Å². The van der Waals surface area contributed by atoms with Crippen molar-refractivity contribution in [1.29, 1.82) is 0 Å². The molecule has 3 rings (SSSR count). The number of aromatic nitrogens is 1. The fourth-order valence-electron chi connectivity index (χ4n) is 2.69. The number of hydrogen-bond acceptors (Lipinski definition) is 1. The zero-order valence-corrected chi connectivity index (χ0v) is 12.6. The second-order valence-electron chi connectivity index (χ2n) is 5.34. The highest BCUT2D eigenvalue weighted by Gasteiger charge is 2.18. The summed E-state index contributed by atoms with van der Waals surface area (Å²) in [6, 6.07) is 17.4. The molecular weight excluding hydrogens is 274 g/mol. The predicted molar refractivity (Wildman–Crippen MR) is 87.6 cm³/mol. The van der Waals surface area contributed by atoms with Crippen LogP contribution in [0.2, 0.25) is 0 Å². The summed E-state index contributed by atoms with van der Waals surface area (Å²) in [4.78, 5) is 11.6. The van der Waals surface area contributed by atoms with Crippen molar-refractivity contribution in [3.05, 3.63) is 77.5 Å². The van der Waals surface area contributed by atoms with E-state index < -0.39 is 5.97 Å². The Kier molecular flexibility index (Phi) is 3.55. The van der Waals surface area contributed by atoms with Crippen molar-refractivity contribution in [3.63, 3.8) is 0 Å². The highest BCUT2D eigenvalue weighted by atomic mass is 16.4. The van der Waals surface area contributed by atoms with E-state index in [1.54, 1.807) is 6.07 Å². The number of carbonyl (C=O) groups is 1. The van der Waals surface area contributed by atoms with Crippen LogP contribution in [-0.2, 0) is 0 Å². The number of nitrogens with zero attached hydrogens (tertiary/aromatic N) is 1. The summed E-state index contributed by atoms with van der Waals surface area (Å²) >= 11 is 0. The third kappa shape index (κ3) is 2.31. The van der Waals surface area contributed by atoms with Gasteiger partial charge in [-0.3, -0.25) is 0 Å². The molecule has 0 radical (unpaired) electrons. The molecule has 0 aliphatic rings. The van der Waals surface area contributed by atoms with Crippen LogP contribution in [0.25, 0.3) is 16.9 Å². The van der Waals surface area contributed by atoms with Gasteiger partial charge in [-0.1, -0.05) is 42.5 Å². The lowest BCUT2D eigenvalue weighted by Gasteiger charge is -2.14. The van der Waals surface area contributed by atoms with Crippen LogP contribution in [-0.4, -0.2) is 15.6 Å². The SMILES string of the molecule is Cc1cccc(-n2ccc(C(=O)O)c2-c2ccccc2)c1C. The average molecular weight is 291 g/mol. The molecule has 0 unspecified atom stereocenters. The van der Waals surface area contributed by atoms with Gasteiger partial charge in [0.2, 0.25) is 0 Å². The van der Waals surface area contributed by atoms with Crippen LogP contribution in [0, 0.1) is 13.8 Å². The molecule has 3 heteroatoms. The molecule has 0 aliphatic carbocycles. The monoisotopic (exact) mass is 291 g/mol. The fraction of sp³-hybridized carbons (Fsp3) is 0.105. The Morgan fingerprint density at radius 3 is 2.36 bits per heavy atom. The molecule has 0 aliphatic heterocycles. The largest absolute Gasteiger partial charge is 0.478 e. The number of hydrogen-bond donors (Lipinski definition) is 1. The van der Waals surface area contributed by atoms with Crippen molar-refractivity contribution in [2.45, 2.75) is 13.8 Å². The first-order valence-corrected chi connectivity index (χ1v) is 7.16. The molecule has 0 bridgehead atoms. The Morgan fingerprint density at radius 1 is 0.955 bits per heavy atom. The number of aryl methyl sites for hydroxylation is 1. The first-order valence-electron chi connectivity index (χ1n) is 7.16. The van der Waals surface area contributed by atoms with E-state index in [1.807, 2.05) is 53.2 Å². The number of aromatic carboxylic acids is 1. The minimum Gasteiger partial charge on any atom is -0.478 e. The Balaban J connectivity index is 2.30. The van der Waals surface area contributed by atoms with Gasteiger partial charge < -0.3 is 9.67 Å². The predicted octanol–water partition coefficient (Wildman–Crippen LogP) is 4.46. The summed E-state index contributed by atoms with van der Waals surface area (Å²) in [6.07, 6.45) is 1.83. The van der Waals surface area contributed by atoms with Gasteiger partial charge in [-0.15, -0.1) is 0 Å². The third-order valence-electron chi connectivity index (χ3n) is 4.00. The molecule has 0 saturated heterocycles. The summed E-state index contributed by atoms with van der Waals surface area (Å²) in [5.74, 6) is -0.914. The number of carboxylic acid groups (broad SMARTS) is 1. The van der Waals surface area contributed by atoms with E-state index in [0.717, 1.165) is 16.8 Å². The molecule has 1 heterocycles. The van der Waals surface area contributed by atoms with Crippen LogP contribution in [0.4, 0.5) is 0 Å². The highest BCUT2D eigenvalue weighted by molar-refractivity contribution is 5.95. The number of benzene rings is 2. The summed E-state index contributed by atoms with van der Waals surface area (Å²) < 4.78 is 1.96. The molecule has 0 spiro atoms. The lowest BCUT2D eigenvalue weighted by molar-refractivity contribution is 0.0698. The van der Waals surface area contributed by atoms with Gasteiger partial charge in [-0.2, -0.15) is 0 Å². The standard InChI is InChI=1S/C19H17NO2/c1-13-7-6-10-17(14(13)2)20-12-11-16(19(21)22)18(20)15-8-4-3-5-9-15/h3-12H,1-2H3,(H,21,22). The normalized spacial score (nSPS) is 10.6. The smallest absolute Gasteiger partial charge is 0.337 e. The van der Waals surface area contributed by atoms with Crippen LogP contribution in [0.5, 0.6) is 0 Å². The molecule has 3 nitrogen and oxygen atoms in total. The van der Waals surface area contributed by atoms with Crippen LogP contribution < -0.4 is 0 Å². The van der Waals surface area contributed by atoms with Gasteiger partial charge in [0.05, 0.1) is 11.3 Å². The molecule has 110 valence electrons. The third-order valence-corrected chi connectivity index (χ3v) is 4.00. The molecular formula is C19H17NO2. The Morgan fingerprint density at radius 2 is 1.68 bits per heavy atom. The van der Waals surface area contributed by atoms with Crippen molar-refractivity contribution >= 4 is 5.97 Å². The molecule has 0 fully saturated rings. The zero-order chi connectivity index (χ0) is 15.7. The van der Waals surface area contributed by atoms with Crippen LogP contribution >= 0.6 is 0 Å². The molecule has 22 heavy (non-hydrogen) atoms. The lowest BCUT2D eigenvalue weighted by atomic mass is 10.1. The van der Waals surface area contributed by atoms with Crippen LogP contribution in [0.15, 0.2) is 60.8 Å². The number of carboxylic acids is 1. The quantitative estimate of drug-likeness (QED) is 0.774. The molecule has 1 N–H and O–H groups in total. The molecule has 0 amide bonds. The second kappa shape index (κ2) is 5.53. The van der Waals surface area contributed by atoms with Crippen molar-refractivity contribution < 1.29 is 9.90 Å². The lowest BCUT2D eigenvalue weighted by Crippen LogP contribution is -2.03. The van der Waals surface area contributed by atoms with Gasteiger partial charge in [-0.25, -0.2) is 4.79 Å². The van der Waals surface area contributed by atoms with Crippen molar-refractivity contribution in [2.24, 2.45) is 0 Å². The van der Waals surface area contributed by atoms with E-state index in [9.17, 15) is 9.90 Å². The van der Waals surface area contributed by atoms with Crippen molar-refractivity contribution in [3.8, 4) is 16.9 Å². The highest BCUT2D eigenvalue weighted by Crippen LogP contribution is 2.30. The molecule has 0 saturated carbocycles. The maximum Gasteiger partial charge on any atom is 0.337 e. The molecule has 0 atom stereocenters. The minimum absolute atomic E-state index is 0.312. The van der Waals surface area contributed by atoms with Crippen molar-refractivity contribution in [1.82, 2.24) is 4.57 Å². The first kappa shape index (κ1) is 14.1. The van der Waals surface area contributed by atoms with Gasteiger partial charge in [0, 0.05) is 11.9 Å². The van der Waals surface area contributed by atoms with Gasteiger partial charge in [-0.05, 0) is 42.7 Å². The van der Waals surface area contributed by atoms with E-state index in [0.29, 0.717) is 11.3 Å². The number of rotatable bonds is 3. The van der Waals surface area contributed by atoms with Gasteiger partial charge in [0.25, 0.3) is 0 Å². The van der Waals surface area contributed by atoms with E-state index in [1.165, 1.54) is 5.56 Å². The maximum atomic E-state index is 11.6. The topological polar surface area (TPSA) is 42.2 Å². The van der Waals surface area contributed by atoms with E-state index in [2.05, 4.69) is 19.9 Å².